The van der Waals surface area contributed by atoms with E-state index in [1.807, 2.05) is 0 Å². The van der Waals surface area contributed by atoms with E-state index in [1.54, 1.807) is 18.2 Å². The van der Waals surface area contributed by atoms with Crippen LogP contribution in [0.5, 0.6) is 0 Å². The lowest BCUT2D eigenvalue weighted by Crippen LogP contribution is -2.29. The maximum atomic E-state index is 12.2. The molecule has 0 aliphatic heterocycles. The van der Waals surface area contributed by atoms with Crippen LogP contribution in [-0.2, 0) is 14.6 Å². The minimum Gasteiger partial charge on any atom is -0.429 e. The molecule has 1 saturated carbocycles. The number of hydrogen-bond donors (Lipinski definition) is 2. The van der Waals surface area contributed by atoms with Gasteiger partial charge in [0.25, 0.3) is 4.84 Å². The first-order valence-electron chi connectivity index (χ1n) is 7.08. The Kier molecular flexibility index (Phi) is 4.05. The topological polar surface area (TPSA) is 92.2 Å². The molecule has 1 heterocycles. The predicted octanol–water partition coefficient (Wildman–Crippen LogP) is 2.79. The second-order valence-electron chi connectivity index (χ2n) is 5.49. The molecule has 0 saturated heterocycles. The molecule has 8 heteroatoms. The lowest BCUT2D eigenvalue weighted by molar-refractivity contribution is -0.113. The van der Waals surface area contributed by atoms with Gasteiger partial charge in [0.05, 0.1) is 10.8 Å². The number of H-pyrrole nitrogens is 1. The Balaban J connectivity index is 1.71. The van der Waals surface area contributed by atoms with Crippen LogP contribution in [0.4, 0.5) is 5.69 Å². The number of sulfone groups is 1. The molecule has 118 valence electrons. The van der Waals surface area contributed by atoms with E-state index in [4.69, 9.17) is 16.6 Å². The second kappa shape index (κ2) is 5.85. The Labute approximate surface area is 132 Å². The second-order valence-corrected chi connectivity index (χ2v) is 8.14. The van der Waals surface area contributed by atoms with Gasteiger partial charge in [-0.2, -0.15) is 0 Å². The molecule has 1 aromatic carbocycles. The Bertz CT molecular complexity index is 860. The van der Waals surface area contributed by atoms with Crippen LogP contribution in [-0.4, -0.2) is 30.3 Å². The molecule has 2 N–H and O–H groups in total. The van der Waals surface area contributed by atoms with Gasteiger partial charge < -0.3 is 14.7 Å². The molecule has 0 atom stereocenters. The fourth-order valence-corrected chi connectivity index (χ4v) is 4.69. The number of hydrogen-bond acceptors (Lipinski definition) is 5. The predicted molar refractivity (Wildman–Crippen MR) is 86.1 cm³/mol. The number of aromatic amines is 1. The zero-order valence-electron chi connectivity index (χ0n) is 11.8. The van der Waals surface area contributed by atoms with Crippen molar-refractivity contribution in [1.29, 1.82) is 0 Å². The summed E-state index contributed by atoms with van der Waals surface area (Å²) in [7, 11) is -3.38. The zero-order chi connectivity index (χ0) is 15.7. The van der Waals surface area contributed by atoms with Gasteiger partial charge in [-0.15, -0.1) is 0 Å². The maximum absolute atomic E-state index is 12.2. The number of amides is 1. The Morgan fingerprint density at radius 1 is 1.36 bits per heavy atom. The zero-order valence-corrected chi connectivity index (χ0v) is 13.4. The van der Waals surface area contributed by atoms with E-state index in [2.05, 4.69) is 10.3 Å². The number of nitrogens with one attached hydrogen (secondary N) is 2. The number of carbonyl (C=O) groups is 1. The van der Waals surface area contributed by atoms with E-state index in [0.29, 0.717) is 24.1 Å². The number of carbonyl (C=O) groups excluding carboxylic acids is 1. The molecule has 22 heavy (non-hydrogen) atoms. The molecule has 2 aromatic rings. The number of anilines is 1. The monoisotopic (exact) mass is 340 g/mol. The first-order valence-corrected chi connectivity index (χ1v) is 9.21. The van der Waals surface area contributed by atoms with Crippen LogP contribution in [0.15, 0.2) is 22.6 Å². The molecule has 1 aliphatic carbocycles. The van der Waals surface area contributed by atoms with Gasteiger partial charge in [0.1, 0.15) is 5.75 Å². The number of fused-ring (bicyclic) bond motifs is 1. The highest BCUT2D eigenvalue weighted by Gasteiger charge is 2.30. The van der Waals surface area contributed by atoms with Gasteiger partial charge in [-0.3, -0.25) is 4.79 Å². The van der Waals surface area contributed by atoms with Gasteiger partial charge in [-0.25, -0.2) is 8.42 Å². The molecule has 1 aromatic heterocycles. The average molecular weight is 340 g/mol. The number of aromatic nitrogens is 1. The van der Waals surface area contributed by atoms with Crippen LogP contribution in [0.3, 0.4) is 0 Å². The van der Waals surface area contributed by atoms with E-state index in [-0.39, 0.29) is 10.1 Å². The Morgan fingerprint density at radius 3 is 2.82 bits per heavy atom. The summed E-state index contributed by atoms with van der Waals surface area (Å²) >= 11 is 4.89. The third kappa shape index (κ3) is 3.22. The Morgan fingerprint density at radius 2 is 2.09 bits per heavy atom. The van der Waals surface area contributed by atoms with Crippen molar-refractivity contribution in [3.8, 4) is 0 Å². The highest BCUT2D eigenvalue weighted by molar-refractivity contribution is 7.92. The third-order valence-corrected chi connectivity index (χ3v) is 6.18. The number of oxazole rings is 1. The molecule has 0 spiro atoms. The van der Waals surface area contributed by atoms with Crippen molar-refractivity contribution >= 4 is 44.7 Å². The lowest BCUT2D eigenvalue weighted by atomic mass is 10.3. The summed E-state index contributed by atoms with van der Waals surface area (Å²) in [5, 5.41) is 2.22. The summed E-state index contributed by atoms with van der Waals surface area (Å²) in [6.07, 6.45) is 3.15. The van der Waals surface area contributed by atoms with Crippen molar-refractivity contribution in [1.82, 2.24) is 4.98 Å². The minimum atomic E-state index is -3.38. The molecule has 1 amide bonds. The van der Waals surface area contributed by atoms with Gasteiger partial charge in [0.2, 0.25) is 5.91 Å². The van der Waals surface area contributed by atoms with Gasteiger partial charge in [-0.1, -0.05) is 12.8 Å². The van der Waals surface area contributed by atoms with Crippen molar-refractivity contribution in [2.24, 2.45) is 0 Å². The fraction of sp³-hybridized carbons (Fsp3) is 0.429. The van der Waals surface area contributed by atoms with Crippen molar-refractivity contribution in [3.63, 3.8) is 0 Å². The average Bonchev–Trinajstić information content (AvgIpc) is 3.05. The number of benzene rings is 1. The van der Waals surface area contributed by atoms with Crippen LogP contribution >= 0.6 is 12.2 Å². The first kappa shape index (κ1) is 15.2. The van der Waals surface area contributed by atoms with Crippen LogP contribution in [0.25, 0.3) is 11.1 Å². The summed E-state index contributed by atoms with van der Waals surface area (Å²) < 4.78 is 29.6. The molecule has 0 bridgehead atoms. The van der Waals surface area contributed by atoms with Gasteiger partial charge in [0, 0.05) is 11.8 Å². The molecule has 1 aliphatic rings. The van der Waals surface area contributed by atoms with Crippen LogP contribution in [0.1, 0.15) is 25.7 Å². The smallest absolute Gasteiger partial charge is 0.266 e. The molecular formula is C14H16N2O4S2. The van der Waals surface area contributed by atoms with Crippen LogP contribution in [0.2, 0.25) is 0 Å². The lowest BCUT2D eigenvalue weighted by Gasteiger charge is -2.11. The fourth-order valence-electron chi connectivity index (χ4n) is 2.77. The van der Waals surface area contributed by atoms with Crippen LogP contribution in [0, 0.1) is 4.84 Å². The quantitative estimate of drug-likeness (QED) is 0.835. The molecule has 0 radical (unpaired) electrons. The van der Waals surface area contributed by atoms with Gasteiger partial charge >= 0.3 is 0 Å². The summed E-state index contributed by atoms with van der Waals surface area (Å²) in [5.74, 6) is -1.01. The van der Waals surface area contributed by atoms with Crippen molar-refractivity contribution in [3.05, 3.63) is 23.0 Å². The maximum Gasteiger partial charge on any atom is 0.266 e. The molecule has 3 rings (SSSR count). The minimum absolute atomic E-state index is 0.252. The first-order chi connectivity index (χ1) is 10.4. The number of rotatable bonds is 4. The molecular weight excluding hydrogens is 324 g/mol. The van der Waals surface area contributed by atoms with Gasteiger partial charge in [-0.05, 0) is 37.2 Å². The van der Waals surface area contributed by atoms with Gasteiger partial charge in [0.15, 0.2) is 15.4 Å². The molecule has 1 fully saturated rings. The van der Waals surface area contributed by atoms with E-state index < -0.39 is 21.5 Å². The molecule has 0 unspecified atom stereocenters. The summed E-state index contributed by atoms with van der Waals surface area (Å²) in [6.45, 7) is 0. The largest absolute Gasteiger partial charge is 0.429 e. The highest BCUT2D eigenvalue weighted by Crippen LogP contribution is 2.25. The summed E-state index contributed by atoms with van der Waals surface area (Å²) in [6, 6.07) is 5.00. The molecule has 6 nitrogen and oxygen atoms in total. The Hall–Kier alpha value is -1.67. The normalized spacial score (nSPS) is 16.2. The van der Waals surface area contributed by atoms with Crippen LogP contribution < -0.4 is 5.32 Å². The third-order valence-electron chi connectivity index (χ3n) is 3.85. The highest BCUT2D eigenvalue weighted by atomic mass is 32.2. The standard InChI is InChI=1S/C14H16N2O4S2/c17-13(8-22(18,19)10-3-1-2-4-10)15-9-5-6-11-12(7-9)20-14(21)16-11/h5-7,10H,1-4,8H2,(H,15,17)(H,16,21). The van der Waals surface area contributed by atoms with Crippen molar-refractivity contribution in [2.45, 2.75) is 30.9 Å². The summed E-state index contributed by atoms with van der Waals surface area (Å²) in [5.41, 5.74) is 1.72. The van der Waals surface area contributed by atoms with E-state index in [9.17, 15) is 13.2 Å². The van der Waals surface area contributed by atoms with E-state index in [0.717, 1.165) is 18.4 Å². The van der Waals surface area contributed by atoms with Crippen molar-refractivity contribution < 1.29 is 17.6 Å². The van der Waals surface area contributed by atoms with E-state index >= 15 is 0 Å². The summed E-state index contributed by atoms with van der Waals surface area (Å²) in [4.78, 5) is 15.1. The van der Waals surface area contributed by atoms with E-state index in [1.165, 1.54) is 0 Å². The SMILES string of the molecule is O=C(CS(=O)(=O)C1CCCC1)Nc1ccc2[nH]c(=S)oc2c1. The van der Waals surface area contributed by atoms with Crippen molar-refractivity contribution in [2.75, 3.05) is 11.1 Å².